The second-order valence-corrected chi connectivity index (χ2v) is 3.99. The van der Waals surface area contributed by atoms with Crippen molar-refractivity contribution in [3.05, 3.63) is 0 Å². The molecule has 0 aromatic heterocycles. The smallest absolute Gasteiger partial charge is 0.0569 e. The van der Waals surface area contributed by atoms with E-state index in [0.717, 1.165) is 19.3 Å². The summed E-state index contributed by atoms with van der Waals surface area (Å²) in [5.41, 5.74) is 0.601. The molecule has 2 aliphatic heterocycles. The lowest BCUT2D eigenvalue weighted by molar-refractivity contribution is -0.195. The molecule has 2 aliphatic rings. The van der Waals surface area contributed by atoms with E-state index in [0.29, 0.717) is 5.41 Å². The molecule has 1 spiro atoms. The van der Waals surface area contributed by atoms with Crippen LogP contribution in [0.4, 0.5) is 0 Å². The Bertz CT molecular complexity index is 132. The van der Waals surface area contributed by atoms with Gasteiger partial charge in [0.05, 0.1) is 13.2 Å². The van der Waals surface area contributed by atoms with E-state index in [1.807, 2.05) is 0 Å². The van der Waals surface area contributed by atoms with Gasteiger partial charge in [0.1, 0.15) is 0 Å². The molecule has 0 unspecified atom stereocenters. The Morgan fingerprint density at radius 1 is 1.27 bits per heavy atom. The van der Waals surface area contributed by atoms with Gasteiger partial charge in [-0.1, -0.05) is 7.43 Å². The summed E-state index contributed by atoms with van der Waals surface area (Å²) in [6.07, 6.45) is 0. The van der Waals surface area contributed by atoms with Crippen LogP contribution in [0.25, 0.3) is 0 Å². The van der Waals surface area contributed by atoms with Gasteiger partial charge in [0.25, 0.3) is 0 Å². The number of hydrogen-bond donors (Lipinski definition) is 0. The van der Waals surface area contributed by atoms with Gasteiger partial charge in [0.2, 0.25) is 0 Å². The minimum atomic E-state index is 0. The van der Waals surface area contributed by atoms with E-state index in [-0.39, 0.29) is 7.43 Å². The Labute approximate surface area is 69.5 Å². The van der Waals surface area contributed by atoms with Gasteiger partial charge in [-0.2, -0.15) is 0 Å². The molecule has 2 heteroatoms. The monoisotopic (exact) mass is 157 g/mol. The predicted molar refractivity (Wildman–Crippen MR) is 46.7 cm³/mol. The van der Waals surface area contributed by atoms with Gasteiger partial charge in [-0.25, -0.2) is 0 Å². The van der Waals surface area contributed by atoms with Crippen molar-refractivity contribution >= 4 is 0 Å². The Balaban J connectivity index is 0.000000605. The van der Waals surface area contributed by atoms with Crippen molar-refractivity contribution in [1.29, 1.82) is 0 Å². The number of ether oxygens (including phenoxy) is 1. The Hall–Kier alpha value is -0.0800. The molecule has 2 rings (SSSR count). The van der Waals surface area contributed by atoms with Crippen LogP contribution < -0.4 is 0 Å². The van der Waals surface area contributed by atoms with Crippen molar-refractivity contribution in [1.82, 2.24) is 4.90 Å². The van der Waals surface area contributed by atoms with E-state index in [9.17, 15) is 0 Å². The fourth-order valence-electron chi connectivity index (χ4n) is 1.75. The van der Waals surface area contributed by atoms with Crippen LogP contribution in [0.5, 0.6) is 0 Å². The maximum atomic E-state index is 5.18. The fraction of sp³-hybridized carbons (Fsp3) is 1.00. The van der Waals surface area contributed by atoms with Crippen LogP contribution in [0.1, 0.15) is 21.3 Å². The van der Waals surface area contributed by atoms with Crippen LogP contribution in [-0.2, 0) is 4.74 Å². The van der Waals surface area contributed by atoms with Crippen LogP contribution in [-0.4, -0.2) is 37.2 Å². The van der Waals surface area contributed by atoms with Crippen molar-refractivity contribution in [2.45, 2.75) is 27.3 Å². The largest absolute Gasteiger partial charge is 0.380 e. The fourth-order valence-corrected chi connectivity index (χ4v) is 1.75. The molecule has 0 aliphatic carbocycles. The van der Waals surface area contributed by atoms with Crippen molar-refractivity contribution in [3.8, 4) is 0 Å². The molecule has 0 aromatic carbocycles. The van der Waals surface area contributed by atoms with E-state index in [2.05, 4.69) is 18.7 Å². The Kier molecular flexibility index (Phi) is 2.26. The van der Waals surface area contributed by atoms with Gasteiger partial charge in [-0.15, -0.1) is 0 Å². The topological polar surface area (TPSA) is 12.5 Å². The minimum Gasteiger partial charge on any atom is -0.380 e. The molecule has 0 atom stereocenters. The summed E-state index contributed by atoms with van der Waals surface area (Å²) < 4.78 is 5.18. The van der Waals surface area contributed by atoms with Crippen LogP contribution >= 0.6 is 0 Å². The molecule has 66 valence electrons. The normalized spacial score (nSPS) is 27.5. The van der Waals surface area contributed by atoms with Crippen molar-refractivity contribution in [2.75, 3.05) is 26.3 Å². The van der Waals surface area contributed by atoms with Crippen LogP contribution in [0.15, 0.2) is 0 Å². The molecule has 0 aromatic rings. The summed E-state index contributed by atoms with van der Waals surface area (Å²) in [6, 6.07) is 0.728. The van der Waals surface area contributed by atoms with E-state index in [1.165, 1.54) is 13.1 Å². The molecule has 2 nitrogen and oxygen atoms in total. The maximum Gasteiger partial charge on any atom is 0.0569 e. The average molecular weight is 157 g/mol. The van der Waals surface area contributed by atoms with Gasteiger partial charge in [-0.05, 0) is 13.8 Å². The maximum absolute atomic E-state index is 5.18. The first-order valence-electron chi connectivity index (χ1n) is 4.04. The zero-order chi connectivity index (χ0) is 7.19. The lowest BCUT2D eigenvalue weighted by Crippen LogP contribution is -2.67. The molecule has 0 N–H and O–H groups in total. The Morgan fingerprint density at radius 2 is 1.82 bits per heavy atom. The number of likely N-dealkylation sites (tertiary alicyclic amines) is 1. The highest BCUT2D eigenvalue weighted by atomic mass is 16.5. The van der Waals surface area contributed by atoms with E-state index >= 15 is 0 Å². The van der Waals surface area contributed by atoms with E-state index < -0.39 is 0 Å². The SMILES string of the molecule is C.CC(C)N1CC2(COC2)C1. The standard InChI is InChI=1S/C8H15NO.CH4/c1-7(2)9-3-8(4-9)5-10-6-8;/h7H,3-6H2,1-2H3;1H4. The van der Waals surface area contributed by atoms with E-state index in [1.54, 1.807) is 0 Å². The quantitative estimate of drug-likeness (QED) is 0.570. The second-order valence-electron chi connectivity index (χ2n) is 3.99. The third-order valence-electron chi connectivity index (χ3n) is 2.62. The molecule has 0 radical (unpaired) electrons. The minimum absolute atomic E-state index is 0. The summed E-state index contributed by atoms with van der Waals surface area (Å²) in [5.74, 6) is 0. The number of nitrogens with zero attached hydrogens (tertiary/aromatic N) is 1. The van der Waals surface area contributed by atoms with Gasteiger partial charge in [-0.3, -0.25) is 4.90 Å². The highest BCUT2D eigenvalue weighted by Gasteiger charge is 2.49. The lowest BCUT2D eigenvalue weighted by atomic mass is 9.77. The molecular formula is C9H19NO. The summed E-state index contributed by atoms with van der Waals surface area (Å²) in [4.78, 5) is 2.50. The van der Waals surface area contributed by atoms with Crippen molar-refractivity contribution < 1.29 is 4.74 Å². The van der Waals surface area contributed by atoms with Gasteiger partial charge >= 0.3 is 0 Å². The third-order valence-corrected chi connectivity index (χ3v) is 2.62. The highest BCUT2D eigenvalue weighted by Crippen LogP contribution is 2.38. The first-order chi connectivity index (χ1) is 4.72. The zero-order valence-corrected chi connectivity index (χ0v) is 6.76. The number of hydrogen-bond acceptors (Lipinski definition) is 2. The summed E-state index contributed by atoms with van der Waals surface area (Å²) in [6.45, 7) is 9.07. The van der Waals surface area contributed by atoms with Crippen LogP contribution in [0.3, 0.4) is 0 Å². The van der Waals surface area contributed by atoms with Gasteiger partial charge in [0.15, 0.2) is 0 Å². The first-order valence-corrected chi connectivity index (χ1v) is 4.04. The molecule has 2 heterocycles. The average Bonchev–Trinajstić information content (AvgIpc) is 1.54. The molecule has 0 amide bonds. The first kappa shape index (κ1) is 9.01. The van der Waals surface area contributed by atoms with Crippen molar-refractivity contribution in [2.24, 2.45) is 5.41 Å². The summed E-state index contributed by atoms with van der Waals surface area (Å²) in [7, 11) is 0. The predicted octanol–water partition coefficient (Wildman–Crippen LogP) is 1.36. The van der Waals surface area contributed by atoms with E-state index in [4.69, 9.17) is 4.74 Å². The molecule has 11 heavy (non-hydrogen) atoms. The summed E-state index contributed by atoms with van der Waals surface area (Å²) >= 11 is 0. The van der Waals surface area contributed by atoms with Crippen molar-refractivity contribution in [3.63, 3.8) is 0 Å². The summed E-state index contributed by atoms with van der Waals surface area (Å²) in [5, 5.41) is 0. The molecule has 0 bridgehead atoms. The zero-order valence-electron chi connectivity index (χ0n) is 6.76. The lowest BCUT2D eigenvalue weighted by Gasteiger charge is -2.56. The van der Waals surface area contributed by atoms with Gasteiger partial charge < -0.3 is 4.74 Å². The van der Waals surface area contributed by atoms with Crippen LogP contribution in [0, 0.1) is 5.41 Å². The Morgan fingerprint density at radius 3 is 2.09 bits per heavy atom. The van der Waals surface area contributed by atoms with Gasteiger partial charge in [0, 0.05) is 24.5 Å². The van der Waals surface area contributed by atoms with Crippen LogP contribution in [0.2, 0.25) is 0 Å². The number of rotatable bonds is 1. The molecule has 2 saturated heterocycles. The molecular weight excluding hydrogens is 138 g/mol. The third kappa shape index (κ3) is 1.30. The second kappa shape index (κ2) is 2.76. The highest BCUT2D eigenvalue weighted by molar-refractivity contribution is 5.00. The molecule has 2 fully saturated rings. The molecule has 0 saturated carbocycles.